The van der Waals surface area contributed by atoms with E-state index in [0.29, 0.717) is 13.0 Å². The topological polar surface area (TPSA) is 70.7 Å². The summed E-state index contributed by atoms with van der Waals surface area (Å²) in [6.45, 7) is 6.78. The summed E-state index contributed by atoms with van der Waals surface area (Å²) in [4.78, 5) is 15.8. The van der Waals surface area contributed by atoms with Gasteiger partial charge in [-0.05, 0) is 17.7 Å². The monoisotopic (exact) mass is 272 g/mol. The highest BCUT2D eigenvalue weighted by Gasteiger charge is 2.17. The SMILES string of the molecule is CC(C)(C)c1cc(CNC(=O)Cc2cccnc2)[nH]n1. The van der Waals surface area contributed by atoms with Gasteiger partial charge in [-0.25, -0.2) is 0 Å². The van der Waals surface area contributed by atoms with E-state index in [1.807, 2.05) is 18.2 Å². The standard InChI is InChI=1S/C15H20N4O/c1-15(2,3)13-8-12(18-19-13)10-17-14(20)7-11-5-4-6-16-9-11/h4-6,8-9H,7,10H2,1-3H3,(H,17,20)(H,18,19). The van der Waals surface area contributed by atoms with Crippen molar-refractivity contribution in [2.24, 2.45) is 0 Å². The summed E-state index contributed by atoms with van der Waals surface area (Å²) in [7, 11) is 0. The van der Waals surface area contributed by atoms with Gasteiger partial charge in [-0.15, -0.1) is 0 Å². The summed E-state index contributed by atoms with van der Waals surface area (Å²) in [6.07, 6.45) is 3.74. The zero-order valence-electron chi connectivity index (χ0n) is 12.1. The van der Waals surface area contributed by atoms with Crippen LogP contribution in [0.25, 0.3) is 0 Å². The van der Waals surface area contributed by atoms with Crippen LogP contribution in [0, 0.1) is 0 Å². The predicted molar refractivity (Wildman–Crippen MR) is 77.1 cm³/mol. The second kappa shape index (κ2) is 5.86. The van der Waals surface area contributed by atoms with Gasteiger partial charge >= 0.3 is 0 Å². The van der Waals surface area contributed by atoms with Crippen molar-refractivity contribution in [2.75, 3.05) is 0 Å². The average Bonchev–Trinajstić information content (AvgIpc) is 2.86. The maximum Gasteiger partial charge on any atom is 0.224 e. The Labute approximate surface area is 118 Å². The van der Waals surface area contributed by atoms with Crippen LogP contribution < -0.4 is 5.32 Å². The number of rotatable bonds is 4. The lowest BCUT2D eigenvalue weighted by molar-refractivity contribution is -0.120. The van der Waals surface area contributed by atoms with Crippen LogP contribution in [0.1, 0.15) is 37.7 Å². The molecule has 0 fully saturated rings. The van der Waals surface area contributed by atoms with Gasteiger partial charge in [-0.3, -0.25) is 14.9 Å². The van der Waals surface area contributed by atoms with Gasteiger partial charge in [0.2, 0.25) is 5.91 Å². The molecule has 20 heavy (non-hydrogen) atoms. The fourth-order valence-electron chi connectivity index (χ4n) is 1.78. The predicted octanol–water partition coefficient (Wildman–Crippen LogP) is 1.96. The molecule has 0 aromatic carbocycles. The zero-order valence-corrected chi connectivity index (χ0v) is 12.1. The number of aromatic nitrogens is 3. The molecular formula is C15H20N4O. The first-order chi connectivity index (χ1) is 9.45. The van der Waals surface area contributed by atoms with Crippen LogP contribution in [0.5, 0.6) is 0 Å². The third-order valence-electron chi connectivity index (χ3n) is 2.96. The fraction of sp³-hybridized carbons (Fsp3) is 0.400. The molecule has 0 aliphatic carbocycles. The lowest BCUT2D eigenvalue weighted by Crippen LogP contribution is -2.24. The fourth-order valence-corrected chi connectivity index (χ4v) is 1.78. The van der Waals surface area contributed by atoms with Crippen molar-refractivity contribution in [3.05, 3.63) is 47.5 Å². The quantitative estimate of drug-likeness (QED) is 0.893. The third-order valence-corrected chi connectivity index (χ3v) is 2.96. The minimum Gasteiger partial charge on any atom is -0.350 e. The molecular weight excluding hydrogens is 252 g/mol. The van der Waals surface area contributed by atoms with Crippen molar-refractivity contribution >= 4 is 5.91 Å². The van der Waals surface area contributed by atoms with Gasteiger partial charge in [0.25, 0.3) is 0 Å². The molecule has 5 nitrogen and oxygen atoms in total. The van der Waals surface area contributed by atoms with Crippen molar-refractivity contribution in [1.29, 1.82) is 0 Å². The summed E-state index contributed by atoms with van der Waals surface area (Å²) in [5, 5.41) is 10.1. The number of carbonyl (C=O) groups excluding carboxylic acids is 1. The van der Waals surface area contributed by atoms with Gasteiger partial charge in [0.05, 0.1) is 24.4 Å². The highest BCUT2D eigenvalue weighted by molar-refractivity contribution is 5.78. The smallest absolute Gasteiger partial charge is 0.224 e. The van der Waals surface area contributed by atoms with Gasteiger partial charge in [0.1, 0.15) is 0 Å². The summed E-state index contributed by atoms with van der Waals surface area (Å²) < 4.78 is 0. The number of aromatic amines is 1. The van der Waals surface area contributed by atoms with E-state index < -0.39 is 0 Å². The molecule has 106 valence electrons. The number of hydrogen-bond donors (Lipinski definition) is 2. The first kappa shape index (κ1) is 14.2. The second-order valence-electron chi connectivity index (χ2n) is 5.84. The van der Waals surface area contributed by atoms with E-state index in [9.17, 15) is 4.79 Å². The van der Waals surface area contributed by atoms with Crippen LogP contribution in [-0.4, -0.2) is 21.1 Å². The number of nitrogens with one attached hydrogen (secondary N) is 2. The summed E-state index contributed by atoms with van der Waals surface area (Å²) in [5.74, 6) is -0.0232. The van der Waals surface area contributed by atoms with Crippen LogP contribution in [-0.2, 0) is 23.2 Å². The second-order valence-corrected chi connectivity index (χ2v) is 5.84. The Morgan fingerprint density at radius 1 is 1.40 bits per heavy atom. The van der Waals surface area contributed by atoms with Crippen molar-refractivity contribution < 1.29 is 4.79 Å². The minimum atomic E-state index is -0.0232. The molecule has 0 spiro atoms. The Morgan fingerprint density at radius 3 is 2.80 bits per heavy atom. The maximum atomic E-state index is 11.8. The van der Waals surface area contributed by atoms with E-state index in [0.717, 1.165) is 17.0 Å². The Bertz CT molecular complexity index is 569. The van der Waals surface area contributed by atoms with E-state index in [1.165, 1.54) is 0 Å². The number of carbonyl (C=O) groups is 1. The van der Waals surface area contributed by atoms with Gasteiger partial charge < -0.3 is 5.32 Å². The van der Waals surface area contributed by atoms with E-state index >= 15 is 0 Å². The molecule has 0 bridgehead atoms. The number of nitrogens with zero attached hydrogens (tertiary/aromatic N) is 2. The molecule has 0 radical (unpaired) electrons. The Morgan fingerprint density at radius 2 is 2.20 bits per heavy atom. The van der Waals surface area contributed by atoms with Gasteiger partial charge in [0.15, 0.2) is 0 Å². The van der Waals surface area contributed by atoms with E-state index in [2.05, 4.69) is 41.3 Å². The van der Waals surface area contributed by atoms with Gasteiger partial charge in [0, 0.05) is 17.8 Å². The van der Waals surface area contributed by atoms with Crippen molar-refractivity contribution in [3.8, 4) is 0 Å². The van der Waals surface area contributed by atoms with Crippen LogP contribution >= 0.6 is 0 Å². The largest absolute Gasteiger partial charge is 0.350 e. The van der Waals surface area contributed by atoms with Crippen molar-refractivity contribution in [2.45, 2.75) is 39.2 Å². The first-order valence-electron chi connectivity index (χ1n) is 6.65. The normalized spacial score (nSPS) is 11.3. The highest BCUT2D eigenvalue weighted by atomic mass is 16.1. The summed E-state index contributed by atoms with van der Waals surface area (Å²) >= 11 is 0. The van der Waals surface area contributed by atoms with Gasteiger partial charge in [-0.1, -0.05) is 26.8 Å². The summed E-state index contributed by atoms with van der Waals surface area (Å²) in [5.41, 5.74) is 2.82. The Balaban J connectivity index is 1.86. The molecule has 0 saturated carbocycles. The molecule has 2 N–H and O–H groups in total. The van der Waals surface area contributed by atoms with Crippen LogP contribution in [0.3, 0.4) is 0 Å². The molecule has 1 amide bonds. The molecule has 2 rings (SSSR count). The van der Waals surface area contributed by atoms with Crippen LogP contribution in [0.2, 0.25) is 0 Å². The summed E-state index contributed by atoms with van der Waals surface area (Å²) in [6, 6.07) is 5.71. The number of pyridine rings is 1. The van der Waals surface area contributed by atoms with Crippen molar-refractivity contribution in [1.82, 2.24) is 20.5 Å². The minimum absolute atomic E-state index is 0.00840. The van der Waals surface area contributed by atoms with E-state index in [-0.39, 0.29) is 11.3 Å². The molecule has 0 saturated heterocycles. The molecule has 5 heteroatoms. The average molecular weight is 272 g/mol. The molecule has 2 aromatic heterocycles. The first-order valence-corrected chi connectivity index (χ1v) is 6.65. The number of hydrogen-bond acceptors (Lipinski definition) is 3. The Hall–Kier alpha value is -2.17. The van der Waals surface area contributed by atoms with E-state index in [1.54, 1.807) is 12.4 Å². The molecule has 2 aromatic rings. The lowest BCUT2D eigenvalue weighted by Gasteiger charge is -2.13. The number of H-pyrrole nitrogens is 1. The van der Waals surface area contributed by atoms with Crippen molar-refractivity contribution in [3.63, 3.8) is 0 Å². The zero-order chi connectivity index (χ0) is 14.6. The highest BCUT2D eigenvalue weighted by Crippen LogP contribution is 2.20. The molecule has 0 aliphatic rings. The van der Waals surface area contributed by atoms with Crippen LogP contribution in [0.15, 0.2) is 30.6 Å². The molecule has 0 unspecified atom stereocenters. The van der Waals surface area contributed by atoms with Crippen LogP contribution in [0.4, 0.5) is 0 Å². The Kier molecular flexibility index (Phi) is 4.17. The maximum absolute atomic E-state index is 11.8. The lowest BCUT2D eigenvalue weighted by atomic mass is 9.92. The molecule has 0 aliphatic heterocycles. The molecule has 0 atom stereocenters. The number of amides is 1. The molecule has 2 heterocycles. The van der Waals surface area contributed by atoms with E-state index in [4.69, 9.17) is 0 Å². The third kappa shape index (κ3) is 3.91. The van der Waals surface area contributed by atoms with Gasteiger partial charge in [-0.2, -0.15) is 5.10 Å².